The van der Waals surface area contributed by atoms with Crippen molar-refractivity contribution in [2.24, 2.45) is 11.8 Å². The van der Waals surface area contributed by atoms with E-state index in [4.69, 9.17) is 4.74 Å². The zero-order valence-corrected chi connectivity index (χ0v) is 10.6. The lowest BCUT2D eigenvalue weighted by atomic mass is 9.98. The molecule has 3 nitrogen and oxygen atoms in total. The lowest BCUT2D eigenvalue weighted by molar-refractivity contribution is -0.142. The molecular formula is C13H25NO2. The number of esters is 1. The molecule has 94 valence electrons. The molecule has 16 heavy (non-hydrogen) atoms. The Morgan fingerprint density at radius 1 is 1.44 bits per heavy atom. The van der Waals surface area contributed by atoms with Crippen LogP contribution in [0.5, 0.6) is 0 Å². The highest BCUT2D eigenvalue weighted by molar-refractivity contribution is 5.71. The van der Waals surface area contributed by atoms with Crippen LogP contribution in [0, 0.1) is 11.8 Å². The van der Waals surface area contributed by atoms with Gasteiger partial charge in [0.05, 0.1) is 13.2 Å². The average molecular weight is 227 g/mol. The summed E-state index contributed by atoms with van der Waals surface area (Å²) < 4.78 is 5.07. The maximum atomic E-state index is 11.3. The van der Waals surface area contributed by atoms with E-state index < -0.39 is 0 Å². The Morgan fingerprint density at radius 3 is 2.88 bits per heavy atom. The second-order valence-corrected chi connectivity index (χ2v) is 4.87. The van der Waals surface area contributed by atoms with E-state index in [2.05, 4.69) is 19.2 Å². The third kappa shape index (κ3) is 4.97. The topological polar surface area (TPSA) is 38.3 Å². The molecule has 1 N–H and O–H groups in total. The number of hydrogen-bond donors (Lipinski definition) is 1. The molecule has 0 spiro atoms. The maximum absolute atomic E-state index is 11.3. The molecule has 0 radical (unpaired) electrons. The van der Waals surface area contributed by atoms with E-state index in [1.165, 1.54) is 19.3 Å². The van der Waals surface area contributed by atoms with Gasteiger partial charge in [-0.05, 0) is 31.2 Å². The Balaban J connectivity index is 1.99. The lowest BCUT2D eigenvalue weighted by Gasteiger charge is -2.15. The molecule has 2 atom stereocenters. The van der Waals surface area contributed by atoms with Gasteiger partial charge in [-0.15, -0.1) is 0 Å². The summed E-state index contributed by atoms with van der Waals surface area (Å²) in [5.41, 5.74) is 0. The van der Waals surface area contributed by atoms with Crippen LogP contribution < -0.4 is 5.32 Å². The first-order valence-corrected chi connectivity index (χ1v) is 6.60. The van der Waals surface area contributed by atoms with E-state index >= 15 is 0 Å². The highest BCUT2D eigenvalue weighted by Crippen LogP contribution is 2.30. The largest absolute Gasteiger partial charge is 0.465 e. The molecular weight excluding hydrogens is 202 g/mol. The first kappa shape index (κ1) is 13.5. The third-order valence-corrected chi connectivity index (χ3v) is 3.48. The Labute approximate surface area is 98.9 Å². The van der Waals surface area contributed by atoms with Gasteiger partial charge in [-0.1, -0.05) is 33.1 Å². The van der Waals surface area contributed by atoms with Crippen LogP contribution in [-0.4, -0.2) is 25.7 Å². The van der Waals surface area contributed by atoms with Crippen molar-refractivity contribution < 1.29 is 9.53 Å². The third-order valence-electron chi connectivity index (χ3n) is 3.48. The highest BCUT2D eigenvalue weighted by atomic mass is 16.5. The van der Waals surface area contributed by atoms with Crippen molar-refractivity contribution in [2.75, 3.05) is 19.7 Å². The summed E-state index contributed by atoms with van der Waals surface area (Å²) in [5, 5.41) is 3.21. The number of carbonyl (C=O) groups excluding carboxylic acids is 1. The van der Waals surface area contributed by atoms with Crippen LogP contribution in [0.2, 0.25) is 0 Å². The van der Waals surface area contributed by atoms with Crippen molar-refractivity contribution in [3.63, 3.8) is 0 Å². The normalized spacial score (nSPS) is 24.6. The van der Waals surface area contributed by atoms with Crippen LogP contribution in [0.25, 0.3) is 0 Å². The lowest BCUT2D eigenvalue weighted by Crippen LogP contribution is -2.30. The van der Waals surface area contributed by atoms with Crippen LogP contribution in [0.15, 0.2) is 0 Å². The number of hydrogen-bond acceptors (Lipinski definition) is 3. The molecule has 3 heteroatoms. The van der Waals surface area contributed by atoms with Crippen molar-refractivity contribution in [3.8, 4) is 0 Å². The number of carbonyl (C=O) groups is 1. The van der Waals surface area contributed by atoms with Gasteiger partial charge in [0, 0.05) is 0 Å². The second kappa shape index (κ2) is 7.66. The fraction of sp³-hybridized carbons (Fsp3) is 0.923. The smallest absolute Gasteiger partial charge is 0.319 e. The number of rotatable bonds is 7. The maximum Gasteiger partial charge on any atom is 0.319 e. The molecule has 0 aliphatic heterocycles. The molecule has 0 heterocycles. The molecule has 0 amide bonds. The standard InChI is InChI=1S/C13H25NO2/c1-3-4-8-16-13(15)10-14-9-12-7-5-6-11(12)2/h11-12,14H,3-10H2,1-2H3. The van der Waals surface area contributed by atoms with Crippen molar-refractivity contribution >= 4 is 5.97 Å². The molecule has 0 bridgehead atoms. The first-order chi connectivity index (χ1) is 7.74. The van der Waals surface area contributed by atoms with E-state index in [0.717, 1.165) is 31.2 Å². The molecule has 1 aliphatic carbocycles. The minimum absolute atomic E-state index is 0.112. The molecule has 0 aromatic heterocycles. The average Bonchev–Trinajstić information content (AvgIpc) is 2.65. The summed E-state index contributed by atoms with van der Waals surface area (Å²) in [5.74, 6) is 1.45. The van der Waals surface area contributed by atoms with Gasteiger partial charge in [-0.2, -0.15) is 0 Å². The Kier molecular flexibility index (Phi) is 6.46. The molecule has 0 aromatic rings. The Morgan fingerprint density at radius 2 is 2.25 bits per heavy atom. The molecule has 0 saturated heterocycles. The van der Waals surface area contributed by atoms with Gasteiger partial charge >= 0.3 is 5.97 Å². The molecule has 0 aromatic carbocycles. The van der Waals surface area contributed by atoms with Gasteiger partial charge in [-0.3, -0.25) is 4.79 Å². The summed E-state index contributed by atoms with van der Waals surface area (Å²) in [6.45, 7) is 6.29. The predicted octanol–water partition coefficient (Wildman–Crippen LogP) is 2.36. The van der Waals surface area contributed by atoms with Gasteiger partial charge in [0.1, 0.15) is 0 Å². The molecule has 1 saturated carbocycles. The van der Waals surface area contributed by atoms with Crippen LogP contribution >= 0.6 is 0 Å². The van der Waals surface area contributed by atoms with E-state index in [1.807, 2.05) is 0 Å². The number of ether oxygens (including phenoxy) is 1. The monoisotopic (exact) mass is 227 g/mol. The summed E-state index contributed by atoms with van der Waals surface area (Å²) in [6, 6.07) is 0. The molecule has 1 rings (SSSR count). The van der Waals surface area contributed by atoms with Crippen LogP contribution in [0.4, 0.5) is 0 Å². The Bertz CT molecular complexity index is 206. The predicted molar refractivity (Wildman–Crippen MR) is 65.2 cm³/mol. The molecule has 2 unspecified atom stereocenters. The second-order valence-electron chi connectivity index (χ2n) is 4.87. The zero-order valence-electron chi connectivity index (χ0n) is 10.6. The van der Waals surface area contributed by atoms with Crippen molar-refractivity contribution in [2.45, 2.75) is 46.0 Å². The van der Waals surface area contributed by atoms with Gasteiger partial charge < -0.3 is 10.1 Å². The summed E-state index contributed by atoms with van der Waals surface area (Å²) in [6.07, 6.45) is 6.02. The minimum Gasteiger partial charge on any atom is -0.465 e. The van der Waals surface area contributed by atoms with Gasteiger partial charge in [0.2, 0.25) is 0 Å². The molecule has 1 fully saturated rings. The fourth-order valence-electron chi connectivity index (χ4n) is 2.27. The highest BCUT2D eigenvalue weighted by Gasteiger charge is 2.22. The van der Waals surface area contributed by atoms with E-state index in [0.29, 0.717) is 13.2 Å². The number of nitrogens with one attached hydrogen (secondary N) is 1. The first-order valence-electron chi connectivity index (χ1n) is 6.60. The van der Waals surface area contributed by atoms with E-state index in [1.54, 1.807) is 0 Å². The van der Waals surface area contributed by atoms with Crippen LogP contribution in [0.3, 0.4) is 0 Å². The number of unbranched alkanes of at least 4 members (excludes halogenated alkanes) is 1. The summed E-state index contributed by atoms with van der Waals surface area (Å²) in [4.78, 5) is 11.3. The van der Waals surface area contributed by atoms with Crippen LogP contribution in [0.1, 0.15) is 46.0 Å². The van der Waals surface area contributed by atoms with Crippen LogP contribution in [-0.2, 0) is 9.53 Å². The minimum atomic E-state index is -0.112. The van der Waals surface area contributed by atoms with E-state index in [-0.39, 0.29) is 5.97 Å². The van der Waals surface area contributed by atoms with Gasteiger partial charge in [0.15, 0.2) is 0 Å². The van der Waals surface area contributed by atoms with Crippen molar-refractivity contribution in [1.29, 1.82) is 0 Å². The van der Waals surface area contributed by atoms with Crippen molar-refractivity contribution in [3.05, 3.63) is 0 Å². The van der Waals surface area contributed by atoms with Gasteiger partial charge in [-0.25, -0.2) is 0 Å². The quantitative estimate of drug-likeness (QED) is 0.536. The Hall–Kier alpha value is -0.570. The fourth-order valence-corrected chi connectivity index (χ4v) is 2.27. The molecule has 1 aliphatic rings. The van der Waals surface area contributed by atoms with E-state index in [9.17, 15) is 4.79 Å². The SMILES string of the molecule is CCCCOC(=O)CNCC1CCCC1C. The van der Waals surface area contributed by atoms with Gasteiger partial charge in [0.25, 0.3) is 0 Å². The zero-order chi connectivity index (χ0) is 11.8. The summed E-state index contributed by atoms with van der Waals surface area (Å²) in [7, 11) is 0. The van der Waals surface area contributed by atoms with Crippen molar-refractivity contribution in [1.82, 2.24) is 5.32 Å². The summed E-state index contributed by atoms with van der Waals surface area (Å²) >= 11 is 0.